The molecule has 0 N–H and O–H groups in total. The van der Waals surface area contributed by atoms with Crippen molar-refractivity contribution in [2.24, 2.45) is 0 Å². The molecule has 0 saturated carbocycles. The monoisotopic (exact) mass is 359 g/mol. The fraction of sp³-hybridized carbons (Fsp3) is 0.533. The van der Waals surface area contributed by atoms with Crippen LogP contribution in [0, 0.1) is 5.82 Å². The third kappa shape index (κ3) is 3.74. The van der Waals surface area contributed by atoms with Crippen LogP contribution in [-0.2, 0) is 4.74 Å². The Labute approximate surface area is 132 Å². The highest BCUT2D eigenvalue weighted by molar-refractivity contribution is 9.09. The van der Waals surface area contributed by atoms with Crippen molar-refractivity contribution in [3.63, 3.8) is 0 Å². The van der Waals surface area contributed by atoms with Gasteiger partial charge >= 0.3 is 0 Å². The zero-order valence-corrected chi connectivity index (χ0v) is 13.9. The average molecular weight is 360 g/mol. The molecule has 1 amide bonds. The van der Waals surface area contributed by atoms with E-state index in [2.05, 4.69) is 15.9 Å². The van der Waals surface area contributed by atoms with Gasteiger partial charge in [0.25, 0.3) is 5.91 Å². The first-order valence-corrected chi connectivity index (χ1v) is 7.85. The van der Waals surface area contributed by atoms with E-state index in [-0.39, 0.29) is 17.6 Å². The lowest BCUT2D eigenvalue weighted by Gasteiger charge is -2.42. The zero-order valence-electron chi connectivity index (χ0n) is 12.4. The summed E-state index contributed by atoms with van der Waals surface area (Å²) in [6, 6.07) is 4.27. The van der Waals surface area contributed by atoms with E-state index in [1.807, 2.05) is 13.8 Å². The number of halogens is 2. The third-order valence-corrected chi connectivity index (χ3v) is 4.07. The summed E-state index contributed by atoms with van der Waals surface area (Å²) in [4.78, 5) is 14.2. The van der Waals surface area contributed by atoms with Crippen LogP contribution in [0.4, 0.5) is 4.39 Å². The second-order valence-electron chi connectivity index (χ2n) is 5.69. The highest BCUT2D eigenvalue weighted by Crippen LogP contribution is 2.25. The maximum absolute atomic E-state index is 14.0. The van der Waals surface area contributed by atoms with Gasteiger partial charge in [0.2, 0.25) is 0 Å². The SMILES string of the molecule is COc1ccc(C(=O)N2CC(CBr)OC(C)(C)C2)c(F)c1. The molecule has 1 heterocycles. The van der Waals surface area contributed by atoms with Crippen LogP contribution in [0.2, 0.25) is 0 Å². The second-order valence-corrected chi connectivity index (χ2v) is 6.33. The Hall–Kier alpha value is -1.14. The molecule has 0 radical (unpaired) electrons. The maximum Gasteiger partial charge on any atom is 0.257 e. The van der Waals surface area contributed by atoms with Gasteiger partial charge in [-0.15, -0.1) is 0 Å². The Balaban J connectivity index is 2.22. The molecular weight excluding hydrogens is 341 g/mol. The van der Waals surface area contributed by atoms with Crippen molar-refractivity contribution in [2.75, 3.05) is 25.5 Å². The van der Waals surface area contributed by atoms with Gasteiger partial charge in [-0.25, -0.2) is 4.39 Å². The molecular formula is C15H19BrFNO3. The van der Waals surface area contributed by atoms with E-state index < -0.39 is 11.4 Å². The third-order valence-electron chi connectivity index (χ3n) is 3.35. The van der Waals surface area contributed by atoms with E-state index >= 15 is 0 Å². The molecule has 1 aliphatic heterocycles. The average Bonchev–Trinajstić information content (AvgIpc) is 2.44. The molecule has 1 atom stereocenters. The standard InChI is InChI=1S/C15H19BrFNO3/c1-15(2)9-18(8-11(7-16)21-15)14(19)12-5-4-10(20-3)6-13(12)17/h4-6,11H,7-9H2,1-3H3. The number of carbonyl (C=O) groups excluding carboxylic acids is 1. The minimum absolute atomic E-state index is 0.0572. The highest BCUT2D eigenvalue weighted by Gasteiger charge is 2.36. The molecule has 4 nitrogen and oxygen atoms in total. The van der Waals surface area contributed by atoms with Crippen LogP contribution in [-0.4, -0.2) is 48.0 Å². The summed E-state index contributed by atoms with van der Waals surface area (Å²) in [5, 5.41) is 0.630. The number of methoxy groups -OCH3 is 1. The number of hydrogen-bond donors (Lipinski definition) is 0. The van der Waals surface area contributed by atoms with Gasteiger partial charge in [0.05, 0.1) is 24.4 Å². The minimum Gasteiger partial charge on any atom is -0.497 e. The Kier molecular flexibility index (Phi) is 4.88. The van der Waals surface area contributed by atoms with Gasteiger partial charge in [-0.3, -0.25) is 4.79 Å². The Morgan fingerprint density at radius 2 is 2.29 bits per heavy atom. The van der Waals surface area contributed by atoms with E-state index in [0.717, 1.165) is 0 Å². The van der Waals surface area contributed by atoms with Crippen LogP contribution in [0.25, 0.3) is 0 Å². The molecule has 0 bridgehead atoms. The number of benzene rings is 1. The molecule has 0 spiro atoms. The summed E-state index contributed by atoms with van der Waals surface area (Å²) in [5.41, 5.74) is -0.392. The van der Waals surface area contributed by atoms with Crippen molar-refractivity contribution < 1.29 is 18.7 Å². The predicted octanol–water partition coefficient (Wildman–Crippen LogP) is 2.85. The molecule has 0 aromatic heterocycles. The summed E-state index contributed by atoms with van der Waals surface area (Å²) >= 11 is 3.38. The first-order valence-electron chi connectivity index (χ1n) is 6.73. The summed E-state index contributed by atoms with van der Waals surface area (Å²) in [5.74, 6) is -0.499. The number of amides is 1. The summed E-state index contributed by atoms with van der Waals surface area (Å²) in [6.07, 6.45) is -0.0981. The summed E-state index contributed by atoms with van der Waals surface area (Å²) in [7, 11) is 1.46. The number of ether oxygens (including phenoxy) is 2. The molecule has 21 heavy (non-hydrogen) atoms. The van der Waals surface area contributed by atoms with Crippen molar-refractivity contribution in [2.45, 2.75) is 25.6 Å². The predicted molar refractivity (Wildman–Crippen MR) is 81.6 cm³/mol. The number of carbonyl (C=O) groups is 1. The summed E-state index contributed by atoms with van der Waals surface area (Å²) < 4.78 is 24.8. The van der Waals surface area contributed by atoms with Crippen LogP contribution < -0.4 is 4.74 Å². The van der Waals surface area contributed by atoms with Crippen LogP contribution in [0.1, 0.15) is 24.2 Å². The first kappa shape index (κ1) is 16.2. The lowest BCUT2D eigenvalue weighted by atomic mass is 10.0. The van der Waals surface area contributed by atoms with Crippen LogP contribution in [0.3, 0.4) is 0 Å². The molecule has 1 aromatic carbocycles. The second kappa shape index (κ2) is 6.32. The van der Waals surface area contributed by atoms with E-state index in [4.69, 9.17) is 9.47 Å². The van der Waals surface area contributed by atoms with E-state index in [9.17, 15) is 9.18 Å². The van der Waals surface area contributed by atoms with Gasteiger partial charge in [0.1, 0.15) is 11.6 Å². The first-order chi connectivity index (χ1) is 9.86. The number of morpholine rings is 1. The van der Waals surface area contributed by atoms with Gasteiger partial charge in [-0.05, 0) is 26.0 Å². The van der Waals surface area contributed by atoms with Crippen LogP contribution >= 0.6 is 15.9 Å². The molecule has 0 aliphatic carbocycles. The lowest BCUT2D eigenvalue weighted by molar-refractivity contribution is -0.116. The number of hydrogen-bond acceptors (Lipinski definition) is 3. The van der Waals surface area contributed by atoms with Gasteiger partial charge in [0, 0.05) is 24.5 Å². The van der Waals surface area contributed by atoms with Crippen molar-refractivity contribution in [1.29, 1.82) is 0 Å². The number of alkyl halides is 1. The van der Waals surface area contributed by atoms with Gasteiger partial charge < -0.3 is 14.4 Å². The quantitative estimate of drug-likeness (QED) is 0.779. The summed E-state index contributed by atoms with van der Waals surface area (Å²) in [6.45, 7) is 4.72. The maximum atomic E-state index is 14.0. The van der Waals surface area contributed by atoms with Crippen molar-refractivity contribution in [3.8, 4) is 5.75 Å². The molecule has 1 saturated heterocycles. The topological polar surface area (TPSA) is 38.8 Å². The van der Waals surface area contributed by atoms with E-state index in [0.29, 0.717) is 24.2 Å². The van der Waals surface area contributed by atoms with Crippen LogP contribution in [0.5, 0.6) is 5.75 Å². The highest BCUT2D eigenvalue weighted by atomic mass is 79.9. The molecule has 1 fully saturated rings. The minimum atomic E-state index is -0.570. The van der Waals surface area contributed by atoms with Crippen LogP contribution in [0.15, 0.2) is 18.2 Å². The number of nitrogens with zero attached hydrogens (tertiary/aromatic N) is 1. The van der Waals surface area contributed by atoms with Gasteiger partial charge in [-0.2, -0.15) is 0 Å². The fourth-order valence-electron chi connectivity index (χ4n) is 2.50. The largest absolute Gasteiger partial charge is 0.497 e. The van der Waals surface area contributed by atoms with Crippen molar-refractivity contribution >= 4 is 21.8 Å². The Bertz CT molecular complexity index is 536. The molecule has 2 rings (SSSR count). The van der Waals surface area contributed by atoms with Gasteiger partial charge in [0.15, 0.2) is 0 Å². The Morgan fingerprint density at radius 3 is 2.86 bits per heavy atom. The normalized spacial score (nSPS) is 21.2. The Morgan fingerprint density at radius 1 is 1.57 bits per heavy atom. The fourth-order valence-corrected chi connectivity index (χ4v) is 2.83. The smallest absolute Gasteiger partial charge is 0.257 e. The molecule has 116 valence electrons. The molecule has 1 aromatic rings. The van der Waals surface area contributed by atoms with Crippen molar-refractivity contribution in [1.82, 2.24) is 4.90 Å². The lowest BCUT2D eigenvalue weighted by Crippen LogP contribution is -2.55. The number of rotatable bonds is 3. The van der Waals surface area contributed by atoms with E-state index in [1.54, 1.807) is 11.0 Å². The van der Waals surface area contributed by atoms with Gasteiger partial charge in [-0.1, -0.05) is 15.9 Å². The molecule has 1 unspecified atom stereocenters. The molecule has 1 aliphatic rings. The zero-order chi connectivity index (χ0) is 15.6. The molecule has 6 heteroatoms. The van der Waals surface area contributed by atoms with E-state index in [1.165, 1.54) is 19.2 Å². The van der Waals surface area contributed by atoms with Crippen molar-refractivity contribution in [3.05, 3.63) is 29.6 Å².